The molecule has 0 radical (unpaired) electrons. The van der Waals surface area contributed by atoms with Crippen LogP contribution in [0.15, 0.2) is 30.3 Å². The zero-order chi connectivity index (χ0) is 17.5. The SMILES string of the molecule is CCN(CC(C)C#N)C(=O)/C=C/c1ccc(NS(C)(=O)=O)cc1. The Bertz CT molecular complexity index is 703. The zero-order valence-electron chi connectivity index (χ0n) is 13.5. The predicted molar refractivity (Wildman–Crippen MR) is 91.0 cm³/mol. The first-order chi connectivity index (χ1) is 10.7. The summed E-state index contributed by atoms with van der Waals surface area (Å²) in [6.07, 6.45) is 4.19. The summed E-state index contributed by atoms with van der Waals surface area (Å²) < 4.78 is 24.6. The molecule has 0 fully saturated rings. The smallest absolute Gasteiger partial charge is 0.246 e. The number of hydrogen-bond donors (Lipinski definition) is 1. The molecule has 7 heteroatoms. The first-order valence-electron chi connectivity index (χ1n) is 7.19. The van der Waals surface area contributed by atoms with E-state index in [0.29, 0.717) is 18.8 Å². The van der Waals surface area contributed by atoms with Crippen molar-refractivity contribution in [2.24, 2.45) is 5.92 Å². The van der Waals surface area contributed by atoms with Crippen LogP contribution in [0.1, 0.15) is 19.4 Å². The van der Waals surface area contributed by atoms with Crippen LogP contribution in [0.2, 0.25) is 0 Å². The topological polar surface area (TPSA) is 90.3 Å². The molecule has 1 N–H and O–H groups in total. The molecule has 1 aromatic rings. The molecule has 1 rings (SSSR count). The number of amides is 1. The van der Waals surface area contributed by atoms with Gasteiger partial charge in [0.15, 0.2) is 0 Å². The molecule has 0 aliphatic rings. The number of nitrogens with one attached hydrogen (secondary N) is 1. The molecule has 0 aliphatic heterocycles. The molecule has 23 heavy (non-hydrogen) atoms. The second-order valence-corrected chi connectivity index (χ2v) is 6.99. The number of hydrogen-bond acceptors (Lipinski definition) is 4. The van der Waals surface area contributed by atoms with Crippen molar-refractivity contribution in [1.29, 1.82) is 5.26 Å². The molecule has 0 spiro atoms. The third kappa shape index (κ3) is 6.98. The lowest BCUT2D eigenvalue weighted by Crippen LogP contribution is -2.32. The first kappa shape index (κ1) is 18.7. The molecule has 0 saturated carbocycles. The van der Waals surface area contributed by atoms with Gasteiger partial charge in [-0.05, 0) is 37.6 Å². The van der Waals surface area contributed by atoms with Crippen LogP contribution in [0.25, 0.3) is 6.08 Å². The van der Waals surface area contributed by atoms with Gasteiger partial charge in [0.1, 0.15) is 0 Å². The van der Waals surface area contributed by atoms with Crippen molar-refractivity contribution in [1.82, 2.24) is 4.90 Å². The van der Waals surface area contributed by atoms with Crippen LogP contribution in [0.5, 0.6) is 0 Å². The van der Waals surface area contributed by atoms with Crippen LogP contribution in [0, 0.1) is 17.2 Å². The molecule has 0 heterocycles. The highest BCUT2D eigenvalue weighted by atomic mass is 32.2. The minimum atomic E-state index is -3.30. The Hall–Kier alpha value is -2.33. The fourth-order valence-corrected chi connectivity index (χ4v) is 2.46. The monoisotopic (exact) mass is 335 g/mol. The molecule has 0 saturated heterocycles. The largest absolute Gasteiger partial charge is 0.338 e. The number of carbonyl (C=O) groups excluding carboxylic acids is 1. The van der Waals surface area contributed by atoms with Gasteiger partial charge in [0.25, 0.3) is 0 Å². The Labute approximate surface area is 137 Å². The average molecular weight is 335 g/mol. The Kier molecular flexibility index (Phi) is 6.79. The van der Waals surface area contributed by atoms with Gasteiger partial charge in [-0.1, -0.05) is 12.1 Å². The van der Waals surface area contributed by atoms with Gasteiger partial charge in [-0.25, -0.2) is 8.42 Å². The van der Waals surface area contributed by atoms with Crippen molar-refractivity contribution in [3.05, 3.63) is 35.9 Å². The maximum absolute atomic E-state index is 12.1. The van der Waals surface area contributed by atoms with Crippen LogP contribution in [0.4, 0.5) is 5.69 Å². The van der Waals surface area contributed by atoms with Gasteiger partial charge in [0.05, 0.1) is 18.2 Å². The van der Waals surface area contributed by atoms with Gasteiger partial charge in [-0.15, -0.1) is 0 Å². The van der Waals surface area contributed by atoms with E-state index >= 15 is 0 Å². The molecular formula is C16H21N3O3S. The second kappa shape index (κ2) is 8.34. The highest BCUT2D eigenvalue weighted by Crippen LogP contribution is 2.12. The molecular weight excluding hydrogens is 314 g/mol. The Morgan fingerprint density at radius 1 is 1.39 bits per heavy atom. The fourth-order valence-electron chi connectivity index (χ4n) is 1.90. The Balaban J connectivity index is 2.72. The number of rotatable bonds is 7. The van der Waals surface area contributed by atoms with E-state index < -0.39 is 10.0 Å². The number of benzene rings is 1. The Morgan fingerprint density at radius 2 is 2.00 bits per heavy atom. The van der Waals surface area contributed by atoms with Gasteiger partial charge in [-0.2, -0.15) is 5.26 Å². The van der Waals surface area contributed by atoms with Gasteiger partial charge in [0, 0.05) is 24.9 Å². The van der Waals surface area contributed by atoms with Crippen molar-refractivity contribution < 1.29 is 13.2 Å². The summed E-state index contributed by atoms with van der Waals surface area (Å²) in [6, 6.07) is 8.79. The normalized spacial score (nSPS) is 12.6. The standard InChI is InChI=1S/C16H21N3O3S/c1-4-19(12-13(2)11-17)16(20)10-7-14-5-8-15(9-6-14)18-23(3,21)22/h5-10,13,18H,4,12H2,1-3H3/b10-7+. The number of sulfonamides is 1. The molecule has 124 valence electrons. The van der Waals surface area contributed by atoms with Crippen molar-refractivity contribution >= 4 is 27.7 Å². The van der Waals surface area contributed by atoms with E-state index in [1.807, 2.05) is 6.92 Å². The van der Waals surface area contributed by atoms with E-state index in [2.05, 4.69) is 10.8 Å². The van der Waals surface area contributed by atoms with Crippen LogP contribution in [-0.4, -0.2) is 38.6 Å². The third-order valence-corrected chi connectivity index (χ3v) is 3.65. The summed E-state index contributed by atoms with van der Waals surface area (Å²) in [5.74, 6) is -0.374. The molecule has 1 amide bonds. The summed E-state index contributed by atoms with van der Waals surface area (Å²) >= 11 is 0. The third-order valence-electron chi connectivity index (χ3n) is 3.04. The minimum absolute atomic E-state index is 0.159. The molecule has 0 bridgehead atoms. The molecule has 0 aliphatic carbocycles. The van der Waals surface area contributed by atoms with E-state index in [4.69, 9.17) is 5.26 Å². The minimum Gasteiger partial charge on any atom is -0.338 e. The van der Waals surface area contributed by atoms with Gasteiger partial charge in [0.2, 0.25) is 15.9 Å². The van der Waals surface area contributed by atoms with E-state index in [1.54, 1.807) is 42.2 Å². The summed E-state index contributed by atoms with van der Waals surface area (Å²) in [4.78, 5) is 13.7. The maximum Gasteiger partial charge on any atom is 0.246 e. The van der Waals surface area contributed by atoms with Gasteiger partial charge >= 0.3 is 0 Å². The summed E-state index contributed by atoms with van der Waals surface area (Å²) in [6.45, 7) is 4.56. The number of nitriles is 1. The van der Waals surface area contributed by atoms with E-state index in [-0.39, 0.29) is 11.8 Å². The van der Waals surface area contributed by atoms with E-state index in [1.165, 1.54) is 6.08 Å². The lowest BCUT2D eigenvalue weighted by atomic mass is 10.1. The predicted octanol–water partition coefficient (Wildman–Crippen LogP) is 2.08. The fraction of sp³-hybridized carbons (Fsp3) is 0.375. The van der Waals surface area contributed by atoms with Crippen LogP contribution in [-0.2, 0) is 14.8 Å². The van der Waals surface area contributed by atoms with E-state index in [0.717, 1.165) is 11.8 Å². The molecule has 1 aromatic carbocycles. The lowest BCUT2D eigenvalue weighted by Gasteiger charge is -2.20. The number of likely N-dealkylation sites (N-methyl/N-ethyl adjacent to an activating group) is 1. The molecule has 1 atom stereocenters. The summed E-state index contributed by atoms with van der Waals surface area (Å²) in [5.41, 5.74) is 1.25. The number of anilines is 1. The highest BCUT2D eigenvalue weighted by Gasteiger charge is 2.11. The van der Waals surface area contributed by atoms with Gasteiger partial charge in [-0.3, -0.25) is 9.52 Å². The summed E-state index contributed by atoms with van der Waals surface area (Å²) in [7, 11) is -3.30. The number of carbonyl (C=O) groups is 1. The van der Waals surface area contributed by atoms with E-state index in [9.17, 15) is 13.2 Å². The first-order valence-corrected chi connectivity index (χ1v) is 9.08. The maximum atomic E-state index is 12.1. The highest BCUT2D eigenvalue weighted by molar-refractivity contribution is 7.92. The molecule has 1 unspecified atom stereocenters. The lowest BCUT2D eigenvalue weighted by molar-refractivity contribution is -0.126. The van der Waals surface area contributed by atoms with Crippen molar-refractivity contribution in [2.75, 3.05) is 24.1 Å². The molecule has 6 nitrogen and oxygen atoms in total. The van der Waals surface area contributed by atoms with Crippen molar-refractivity contribution in [3.8, 4) is 6.07 Å². The quantitative estimate of drug-likeness (QED) is 0.772. The van der Waals surface area contributed by atoms with Crippen LogP contribution >= 0.6 is 0 Å². The van der Waals surface area contributed by atoms with Crippen LogP contribution in [0.3, 0.4) is 0 Å². The van der Waals surface area contributed by atoms with Crippen molar-refractivity contribution in [2.45, 2.75) is 13.8 Å². The summed E-state index contributed by atoms with van der Waals surface area (Å²) in [5, 5.41) is 8.82. The zero-order valence-corrected chi connectivity index (χ0v) is 14.3. The van der Waals surface area contributed by atoms with Crippen LogP contribution < -0.4 is 4.72 Å². The average Bonchev–Trinajstić information content (AvgIpc) is 2.49. The van der Waals surface area contributed by atoms with Crippen molar-refractivity contribution in [3.63, 3.8) is 0 Å². The molecule has 0 aromatic heterocycles. The number of nitrogens with zero attached hydrogens (tertiary/aromatic N) is 2. The van der Waals surface area contributed by atoms with Gasteiger partial charge < -0.3 is 4.90 Å². The Morgan fingerprint density at radius 3 is 2.48 bits per heavy atom. The second-order valence-electron chi connectivity index (χ2n) is 5.24.